The molecule has 0 unspecified atom stereocenters. The van der Waals surface area contributed by atoms with E-state index in [0.717, 1.165) is 23.5 Å². The molecular formula is C12H15N3. The second kappa shape index (κ2) is 4.28. The van der Waals surface area contributed by atoms with Gasteiger partial charge in [0, 0.05) is 0 Å². The van der Waals surface area contributed by atoms with Crippen molar-refractivity contribution in [1.29, 1.82) is 0 Å². The minimum atomic E-state index is 0.451. The van der Waals surface area contributed by atoms with E-state index in [2.05, 4.69) is 41.2 Å². The van der Waals surface area contributed by atoms with Crippen LogP contribution in [-0.4, -0.2) is 9.97 Å². The van der Waals surface area contributed by atoms with Crippen LogP contribution < -0.4 is 5.73 Å². The Bertz CT molecular complexity index is 428. The van der Waals surface area contributed by atoms with Gasteiger partial charge in [-0.15, -0.1) is 0 Å². The fourth-order valence-electron chi connectivity index (χ4n) is 1.53. The van der Waals surface area contributed by atoms with Gasteiger partial charge in [-0.2, -0.15) is 0 Å². The number of hydrogen-bond donors (Lipinski definition) is 2. The number of benzene rings is 1. The van der Waals surface area contributed by atoms with Crippen LogP contribution in [0.25, 0.3) is 11.3 Å². The average molecular weight is 201 g/mol. The second-order valence-corrected chi connectivity index (χ2v) is 3.50. The maximum Gasteiger partial charge on any atom is 0.120 e. The zero-order chi connectivity index (χ0) is 10.7. The molecule has 0 saturated heterocycles. The maximum atomic E-state index is 5.49. The molecule has 0 amide bonds. The first kappa shape index (κ1) is 9.93. The molecule has 78 valence electrons. The quantitative estimate of drug-likeness (QED) is 0.799. The number of aryl methyl sites for hydroxylation is 1. The van der Waals surface area contributed by atoms with Gasteiger partial charge in [-0.3, -0.25) is 0 Å². The number of nitrogens with two attached hydrogens (primary N) is 1. The lowest BCUT2D eigenvalue weighted by atomic mass is 10.1. The van der Waals surface area contributed by atoms with Crippen molar-refractivity contribution in [2.24, 2.45) is 5.73 Å². The number of aromatic amines is 1. The van der Waals surface area contributed by atoms with E-state index in [-0.39, 0.29) is 0 Å². The molecule has 0 bridgehead atoms. The molecule has 0 radical (unpaired) electrons. The molecule has 3 N–H and O–H groups in total. The van der Waals surface area contributed by atoms with Crippen molar-refractivity contribution in [1.82, 2.24) is 9.97 Å². The summed E-state index contributed by atoms with van der Waals surface area (Å²) in [5.41, 5.74) is 9.02. The van der Waals surface area contributed by atoms with Crippen molar-refractivity contribution in [2.75, 3.05) is 0 Å². The van der Waals surface area contributed by atoms with Gasteiger partial charge in [-0.1, -0.05) is 31.2 Å². The number of hydrogen-bond acceptors (Lipinski definition) is 2. The lowest BCUT2D eigenvalue weighted by Gasteiger charge is -1.99. The van der Waals surface area contributed by atoms with Crippen LogP contribution in [-0.2, 0) is 13.0 Å². The van der Waals surface area contributed by atoms with Crippen LogP contribution in [0.5, 0.6) is 0 Å². The van der Waals surface area contributed by atoms with Crippen molar-refractivity contribution in [3.05, 3.63) is 41.9 Å². The summed E-state index contributed by atoms with van der Waals surface area (Å²) >= 11 is 0. The highest BCUT2D eigenvalue weighted by atomic mass is 14.9. The van der Waals surface area contributed by atoms with Crippen LogP contribution in [0.3, 0.4) is 0 Å². The smallest absolute Gasteiger partial charge is 0.120 e. The SMILES string of the molecule is CCc1ccc(-c2cnc(CN)[nH]2)cc1. The Kier molecular flexibility index (Phi) is 2.83. The number of nitrogens with zero attached hydrogens (tertiary/aromatic N) is 1. The molecule has 0 atom stereocenters. The van der Waals surface area contributed by atoms with Crippen LogP contribution >= 0.6 is 0 Å². The van der Waals surface area contributed by atoms with Crippen molar-refractivity contribution in [3.63, 3.8) is 0 Å². The molecule has 1 aromatic carbocycles. The first-order chi connectivity index (χ1) is 7.33. The highest BCUT2D eigenvalue weighted by molar-refractivity contribution is 5.58. The molecular weight excluding hydrogens is 186 g/mol. The van der Waals surface area contributed by atoms with Crippen LogP contribution in [0, 0.1) is 0 Å². The largest absolute Gasteiger partial charge is 0.341 e. The standard InChI is InChI=1S/C12H15N3/c1-2-9-3-5-10(6-4-9)11-8-14-12(7-13)15-11/h3-6,8H,2,7,13H2,1H3,(H,14,15). The Morgan fingerprint density at radius 3 is 2.53 bits per heavy atom. The molecule has 0 fully saturated rings. The van der Waals surface area contributed by atoms with Gasteiger partial charge in [0.25, 0.3) is 0 Å². The summed E-state index contributed by atoms with van der Waals surface area (Å²) in [4.78, 5) is 7.35. The van der Waals surface area contributed by atoms with Gasteiger partial charge in [0.2, 0.25) is 0 Å². The van der Waals surface area contributed by atoms with E-state index < -0.39 is 0 Å². The molecule has 0 aliphatic carbocycles. The van der Waals surface area contributed by atoms with Crippen LogP contribution in [0.1, 0.15) is 18.3 Å². The van der Waals surface area contributed by atoms with E-state index >= 15 is 0 Å². The zero-order valence-corrected chi connectivity index (χ0v) is 8.83. The first-order valence-corrected chi connectivity index (χ1v) is 5.16. The molecule has 15 heavy (non-hydrogen) atoms. The number of imidazole rings is 1. The van der Waals surface area contributed by atoms with Crippen molar-refractivity contribution in [2.45, 2.75) is 19.9 Å². The van der Waals surface area contributed by atoms with Crippen molar-refractivity contribution >= 4 is 0 Å². The first-order valence-electron chi connectivity index (χ1n) is 5.16. The maximum absolute atomic E-state index is 5.49. The molecule has 0 saturated carbocycles. The summed E-state index contributed by atoms with van der Waals surface area (Å²) in [5.74, 6) is 0.824. The lowest BCUT2D eigenvalue weighted by molar-refractivity contribution is 0.950. The summed E-state index contributed by atoms with van der Waals surface area (Å²) < 4.78 is 0. The molecule has 1 heterocycles. The highest BCUT2D eigenvalue weighted by Crippen LogP contribution is 2.17. The Balaban J connectivity index is 2.28. The van der Waals surface area contributed by atoms with E-state index in [4.69, 9.17) is 5.73 Å². The van der Waals surface area contributed by atoms with E-state index in [1.165, 1.54) is 5.56 Å². The number of H-pyrrole nitrogens is 1. The monoisotopic (exact) mass is 201 g/mol. The minimum Gasteiger partial charge on any atom is -0.341 e. The average Bonchev–Trinajstić information content (AvgIpc) is 2.78. The van der Waals surface area contributed by atoms with E-state index in [1.807, 2.05) is 6.20 Å². The van der Waals surface area contributed by atoms with Crippen LogP contribution in [0.2, 0.25) is 0 Å². The van der Waals surface area contributed by atoms with E-state index in [0.29, 0.717) is 6.54 Å². The minimum absolute atomic E-state index is 0.451. The van der Waals surface area contributed by atoms with E-state index in [1.54, 1.807) is 0 Å². The molecule has 2 rings (SSSR count). The fourth-order valence-corrected chi connectivity index (χ4v) is 1.53. The van der Waals surface area contributed by atoms with Gasteiger partial charge in [0.05, 0.1) is 18.4 Å². The Morgan fingerprint density at radius 1 is 1.27 bits per heavy atom. The molecule has 3 nitrogen and oxygen atoms in total. The molecule has 0 spiro atoms. The fraction of sp³-hybridized carbons (Fsp3) is 0.250. The topological polar surface area (TPSA) is 54.7 Å². The van der Waals surface area contributed by atoms with Gasteiger partial charge < -0.3 is 10.7 Å². The van der Waals surface area contributed by atoms with Crippen LogP contribution in [0.4, 0.5) is 0 Å². The molecule has 0 aliphatic rings. The molecule has 2 aromatic rings. The Hall–Kier alpha value is -1.61. The predicted octanol–water partition coefficient (Wildman–Crippen LogP) is 2.10. The molecule has 1 aromatic heterocycles. The lowest BCUT2D eigenvalue weighted by Crippen LogP contribution is -1.97. The summed E-state index contributed by atoms with van der Waals surface area (Å²) in [6.07, 6.45) is 2.89. The van der Waals surface area contributed by atoms with Crippen molar-refractivity contribution < 1.29 is 0 Å². The highest BCUT2D eigenvalue weighted by Gasteiger charge is 2.01. The Labute approximate surface area is 89.4 Å². The number of nitrogens with one attached hydrogen (secondary N) is 1. The normalized spacial score (nSPS) is 10.5. The summed E-state index contributed by atoms with van der Waals surface area (Å²) in [7, 11) is 0. The summed E-state index contributed by atoms with van der Waals surface area (Å²) in [5, 5.41) is 0. The van der Waals surface area contributed by atoms with Gasteiger partial charge >= 0.3 is 0 Å². The van der Waals surface area contributed by atoms with E-state index in [9.17, 15) is 0 Å². The zero-order valence-electron chi connectivity index (χ0n) is 8.83. The van der Waals surface area contributed by atoms with Gasteiger partial charge in [-0.25, -0.2) is 4.98 Å². The van der Waals surface area contributed by atoms with Gasteiger partial charge in [0.15, 0.2) is 0 Å². The van der Waals surface area contributed by atoms with Gasteiger partial charge in [0.1, 0.15) is 5.82 Å². The van der Waals surface area contributed by atoms with Gasteiger partial charge in [-0.05, 0) is 17.5 Å². The van der Waals surface area contributed by atoms with Crippen LogP contribution in [0.15, 0.2) is 30.5 Å². The summed E-state index contributed by atoms with van der Waals surface area (Å²) in [6, 6.07) is 8.48. The Morgan fingerprint density at radius 2 is 2.00 bits per heavy atom. The number of rotatable bonds is 3. The number of aromatic nitrogens is 2. The summed E-state index contributed by atoms with van der Waals surface area (Å²) in [6.45, 7) is 2.60. The van der Waals surface area contributed by atoms with Crippen molar-refractivity contribution in [3.8, 4) is 11.3 Å². The molecule has 0 aliphatic heterocycles. The predicted molar refractivity (Wildman–Crippen MR) is 61.3 cm³/mol. The third-order valence-electron chi connectivity index (χ3n) is 2.49. The third kappa shape index (κ3) is 2.07. The third-order valence-corrected chi connectivity index (χ3v) is 2.49. The second-order valence-electron chi connectivity index (χ2n) is 3.50. The molecule has 3 heteroatoms.